The highest BCUT2D eigenvalue weighted by atomic mass is 32.1. The molecule has 0 amide bonds. The zero-order chi connectivity index (χ0) is 36.2. The second kappa shape index (κ2) is 10.3. The third-order valence-electron chi connectivity index (χ3n) is 12.1. The predicted molar refractivity (Wildman–Crippen MR) is 233 cm³/mol. The van der Waals surface area contributed by atoms with Crippen LogP contribution < -0.4 is 0 Å². The Morgan fingerprint density at radius 2 is 1.14 bits per heavy atom. The van der Waals surface area contributed by atoms with Crippen molar-refractivity contribution in [3.05, 3.63) is 158 Å². The van der Waals surface area contributed by atoms with Crippen LogP contribution >= 0.6 is 11.3 Å². The summed E-state index contributed by atoms with van der Waals surface area (Å²) < 4.78 is 12.6. The molecule has 5 heterocycles. The Balaban J connectivity index is 1.21. The Labute approximate surface area is 321 Å². The molecule has 5 aromatic heterocycles. The molecule has 13 aromatic rings. The minimum absolute atomic E-state index is 0.811. The van der Waals surface area contributed by atoms with E-state index in [1.54, 1.807) is 11.3 Å². The Morgan fingerprint density at radius 1 is 0.446 bits per heavy atom. The Bertz CT molecular complexity index is 3880. The van der Waals surface area contributed by atoms with E-state index in [1.165, 1.54) is 53.5 Å². The lowest BCUT2D eigenvalue weighted by Gasteiger charge is -2.16. The van der Waals surface area contributed by atoms with Crippen LogP contribution in [0, 0.1) is 0 Å². The Hall–Kier alpha value is -7.28. The van der Waals surface area contributed by atoms with Gasteiger partial charge in [-0.05, 0) is 70.4 Å². The van der Waals surface area contributed by atoms with Gasteiger partial charge >= 0.3 is 0 Å². The molecule has 258 valence electrons. The molecule has 6 heteroatoms. The Kier molecular flexibility index (Phi) is 5.34. The second-order valence-electron chi connectivity index (χ2n) is 14.9. The zero-order valence-corrected chi connectivity index (χ0v) is 30.4. The molecule has 0 fully saturated rings. The number of aromatic nitrogens is 4. The van der Waals surface area contributed by atoms with E-state index in [0.29, 0.717) is 0 Å². The molecule has 14 rings (SSSR count). The summed E-state index contributed by atoms with van der Waals surface area (Å²) in [5.41, 5.74) is 12.6. The van der Waals surface area contributed by atoms with Gasteiger partial charge in [-0.25, -0.2) is 9.97 Å². The minimum Gasteiger partial charge on any atom is -0.456 e. The predicted octanol–water partition coefficient (Wildman–Crippen LogP) is 13.7. The van der Waals surface area contributed by atoms with Gasteiger partial charge in [-0.1, -0.05) is 109 Å². The smallest absolute Gasteiger partial charge is 0.166 e. The van der Waals surface area contributed by atoms with E-state index in [4.69, 9.17) is 14.4 Å². The largest absolute Gasteiger partial charge is 0.456 e. The molecular formula is C50H26N4OS. The SMILES string of the molecule is c1ccc(-n2c3ccccc3c3cccc(-c4nc5c(nc4-n4c6ccc7cccc8c7c6c6c7c(ccc64)oc4cccc-8c47)sc4ccccc45)c32)cc1. The highest BCUT2D eigenvalue weighted by Crippen LogP contribution is 2.51. The van der Waals surface area contributed by atoms with Crippen LogP contribution in [0.5, 0.6) is 0 Å². The third kappa shape index (κ3) is 3.51. The van der Waals surface area contributed by atoms with Gasteiger partial charge in [0, 0.05) is 53.7 Å². The van der Waals surface area contributed by atoms with Crippen molar-refractivity contribution in [1.29, 1.82) is 0 Å². The van der Waals surface area contributed by atoms with Crippen molar-refractivity contribution in [2.45, 2.75) is 0 Å². The van der Waals surface area contributed by atoms with Crippen LogP contribution in [0.1, 0.15) is 0 Å². The molecular weight excluding hydrogens is 705 g/mol. The number of fused-ring (bicyclic) bond motifs is 7. The number of thiophene rings is 1. The molecule has 0 bridgehead atoms. The van der Waals surface area contributed by atoms with Crippen molar-refractivity contribution in [3.8, 4) is 33.9 Å². The van der Waals surface area contributed by atoms with Crippen molar-refractivity contribution < 1.29 is 4.42 Å². The lowest BCUT2D eigenvalue weighted by molar-refractivity contribution is 0.669. The molecule has 8 aromatic carbocycles. The van der Waals surface area contributed by atoms with Gasteiger partial charge < -0.3 is 8.98 Å². The maximum atomic E-state index is 6.61. The van der Waals surface area contributed by atoms with Gasteiger partial charge in [0.2, 0.25) is 0 Å². The summed E-state index contributed by atoms with van der Waals surface area (Å²) in [6, 6.07) is 56.6. The number of nitrogens with zero attached hydrogens (tertiary/aromatic N) is 4. The van der Waals surface area contributed by atoms with Crippen molar-refractivity contribution in [2.24, 2.45) is 0 Å². The number of para-hydroxylation sites is 3. The van der Waals surface area contributed by atoms with E-state index < -0.39 is 0 Å². The van der Waals surface area contributed by atoms with Crippen LogP contribution in [0.4, 0.5) is 0 Å². The monoisotopic (exact) mass is 730 g/mol. The molecule has 0 saturated carbocycles. The summed E-state index contributed by atoms with van der Waals surface area (Å²) in [6.45, 7) is 0. The fourth-order valence-electron chi connectivity index (χ4n) is 9.86. The van der Waals surface area contributed by atoms with Crippen LogP contribution in [0.2, 0.25) is 0 Å². The number of hydrogen-bond acceptors (Lipinski definition) is 4. The summed E-state index contributed by atoms with van der Waals surface area (Å²) in [5, 5.41) is 10.7. The van der Waals surface area contributed by atoms with E-state index in [1.807, 2.05) is 0 Å². The van der Waals surface area contributed by atoms with Crippen LogP contribution in [-0.4, -0.2) is 19.1 Å². The van der Waals surface area contributed by atoms with Gasteiger partial charge in [-0.2, -0.15) is 0 Å². The number of rotatable bonds is 3. The highest BCUT2D eigenvalue weighted by Gasteiger charge is 2.29. The average molecular weight is 731 g/mol. The molecule has 0 N–H and O–H groups in total. The molecule has 0 aliphatic heterocycles. The lowest BCUT2D eigenvalue weighted by atomic mass is 9.95. The van der Waals surface area contributed by atoms with E-state index in [2.05, 4.69) is 167 Å². The van der Waals surface area contributed by atoms with Gasteiger partial charge in [0.25, 0.3) is 0 Å². The van der Waals surface area contributed by atoms with Gasteiger partial charge in [-0.3, -0.25) is 4.57 Å². The summed E-state index contributed by atoms with van der Waals surface area (Å²) >= 11 is 1.70. The quantitative estimate of drug-likeness (QED) is 0.182. The van der Waals surface area contributed by atoms with Crippen molar-refractivity contribution in [1.82, 2.24) is 19.1 Å². The number of hydrogen-bond donors (Lipinski definition) is 0. The second-order valence-corrected chi connectivity index (χ2v) is 15.9. The third-order valence-corrected chi connectivity index (χ3v) is 13.1. The normalized spacial score (nSPS) is 12.6. The maximum Gasteiger partial charge on any atom is 0.166 e. The first-order valence-corrected chi connectivity index (χ1v) is 19.7. The van der Waals surface area contributed by atoms with E-state index in [0.717, 1.165) is 77.1 Å². The van der Waals surface area contributed by atoms with Gasteiger partial charge in [0.1, 0.15) is 27.2 Å². The van der Waals surface area contributed by atoms with Crippen molar-refractivity contribution >= 4 is 108 Å². The highest BCUT2D eigenvalue weighted by molar-refractivity contribution is 7.25. The van der Waals surface area contributed by atoms with Gasteiger partial charge in [-0.15, -0.1) is 11.3 Å². The van der Waals surface area contributed by atoms with Crippen LogP contribution in [0.25, 0.3) is 131 Å². The fraction of sp³-hybridized carbons (Fsp3) is 0. The number of benzene rings is 8. The first kappa shape index (κ1) is 29.1. The van der Waals surface area contributed by atoms with Gasteiger partial charge in [0.15, 0.2) is 5.82 Å². The molecule has 56 heavy (non-hydrogen) atoms. The van der Waals surface area contributed by atoms with Crippen LogP contribution in [0.15, 0.2) is 162 Å². The average Bonchev–Trinajstić information content (AvgIpc) is 3.98. The molecule has 0 radical (unpaired) electrons. The zero-order valence-electron chi connectivity index (χ0n) is 29.6. The maximum absolute atomic E-state index is 6.61. The molecule has 0 saturated heterocycles. The molecule has 0 atom stereocenters. The van der Waals surface area contributed by atoms with Crippen molar-refractivity contribution in [3.63, 3.8) is 0 Å². The lowest BCUT2D eigenvalue weighted by Crippen LogP contribution is -2.04. The van der Waals surface area contributed by atoms with E-state index in [-0.39, 0.29) is 0 Å². The molecule has 0 unspecified atom stereocenters. The number of furan rings is 1. The fourth-order valence-corrected chi connectivity index (χ4v) is 10.9. The summed E-state index contributed by atoms with van der Waals surface area (Å²) in [6.07, 6.45) is 0. The van der Waals surface area contributed by atoms with E-state index >= 15 is 0 Å². The van der Waals surface area contributed by atoms with Gasteiger partial charge in [0.05, 0.1) is 22.1 Å². The molecule has 1 aliphatic rings. The summed E-state index contributed by atoms with van der Waals surface area (Å²) in [4.78, 5) is 12.3. The molecule has 0 spiro atoms. The first-order valence-electron chi connectivity index (χ1n) is 18.9. The van der Waals surface area contributed by atoms with Crippen LogP contribution in [0.3, 0.4) is 0 Å². The topological polar surface area (TPSA) is 48.8 Å². The van der Waals surface area contributed by atoms with Crippen LogP contribution in [-0.2, 0) is 0 Å². The molecule has 1 aliphatic carbocycles. The Morgan fingerprint density at radius 3 is 2.05 bits per heavy atom. The van der Waals surface area contributed by atoms with E-state index in [9.17, 15) is 0 Å². The summed E-state index contributed by atoms with van der Waals surface area (Å²) in [5.74, 6) is 0.811. The first-order chi connectivity index (χ1) is 27.8. The van der Waals surface area contributed by atoms with Crippen molar-refractivity contribution in [2.75, 3.05) is 0 Å². The summed E-state index contributed by atoms with van der Waals surface area (Å²) in [7, 11) is 0. The molecule has 5 nitrogen and oxygen atoms in total. The minimum atomic E-state index is 0.811. The standard InChI is InChI=1S/C50H26N4OS/c1-2-12-28(13-3-1)53-35-20-6-4-14-29(35)32-18-9-19-34(48(32)53)46-49(52-50-47(51-46)33-15-5-7-22-40(33)56-50)54-36-24-23-27-11-8-16-30-31-17-10-21-38-42(31)45-39(55-38)26-25-37(54)44(45)43(36)41(27)30/h1-26H.